The number of hydrogen-bond donors (Lipinski definition) is 1. The zero-order valence-electron chi connectivity index (χ0n) is 10.6. The highest BCUT2D eigenvalue weighted by molar-refractivity contribution is 5.53. The molecule has 0 unspecified atom stereocenters. The van der Waals surface area contributed by atoms with Crippen LogP contribution in [0.15, 0.2) is 28.7 Å². The first-order chi connectivity index (χ1) is 8.83. The second kappa shape index (κ2) is 6.16. The summed E-state index contributed by atoms with van der Waals surface area (Å²) in [5, 5.41) is 11.2. The lowest BCUT2D eigenvalue weighted by Crippen LogP contribution is -2.08. The van der Waals surface area contributed by atoms with Crippen LogP contribution in [0.1, 0.15) is 12.3 Å². The quantitative estimate of drug-likeness (QED) is 0.790. The largest absolute Gasteiger partial charge is 0.497 e. The van der Waals surface area contributed by atoms with Gasteiger partial charge in [0.2, 0.25) is 11.8 Å². The molecule has 0 bridgehead atoms. The molecule has 2 aromatic rings. The van der Waals surface area contributed by atoms with E-state index in [-0.39, 0.29) is 0 Å². The number of methoxy groups -OCH3 is 1. The average molecular weight is 247 g/mol. The fourth-order valence-electron chi connectivity index (χ4n) is 1.62. The van der Waals surface area contributed by atoms with Crippen molar-refractivity contribution in [3.8, 4) is 17.2 Å². The molecule has 5 heteroatoms. The third kappa shape index (κ3) is 3.07. The molecule has 0 spiro atoms. The second-order valence-electron chi connectivity index (χ2n) is 3.94. The van der Waals surface area contributed by atoms with Crippen LogP contribution < -0.4 is 10.1 Å². The minimum atomic E-state index is 0.553. The Balaban J connectivity index is 2.04. The molecule has 0 saturated heterocycles. The summed E-state index contributed by atoms with van der Waals surface area (Å²) in [5.41, 5.74) is 0.906. The summed E-state index contributed by atoms with van der Waals surface area (Å²) in [7, 11) is 3.57. The van der Waals surface area contributed by atoms with Crippen LogP contribution in [0.25, 0.3) is 11.5 Å². The van der Waals surface area contributed by atoms with E-state index in [9.17, 15) is 0 Å². The van der Waals surface area contributed by atoms with Gasteiger partial charge in [-0.15, -0.1) is 10.2 Å². The number of nitrogens with zero attached hydrogens (tertiary/aromatic N) is 2. The van der Waals surface area contributed by atoms with Gasteiger partial charge in [0.1, 0.15) is 5.75 Å². The molecule has 1 heterocycles. The van der Waals surface area contributed by atoms with Crippen molar-refractivity contribution in [1.82, 2.24) is 15.5 Å². The molecule has 0 aliphatic rings. The van der Waals surface area contributed by atoms with E-state index < -0.39 is 0 Å². The molecule has 1 aromatic heterocycles. The number of nitrogens with one attached hydrogen (secondary N) is 1. The van der Waals surface area contributed by atoms with Crippen LogP contribution in [0, 0.1) is 0 Å². The van der Waals surface area contributed by atoms with Crippen molar-refractivity contribution in [2.75, 3.05) is 20.7 Å². The predicted octanol–water partition coefficient (Wildman–Crippen LogP) is 1.90. The summed E-state index contributed by atoms with van der Waals surface area (Å²) in [4.78, 5) is 0. The second-order valence-corrected chi connectivity index (χ2v) is 3.94. The maximum Gasteiger partial charge on any atom is 0.247 e. The van der Waals surface area contributed by atoms with Crippen LogP contribution in [0.2, 0.25) is 0 Å². The summed E-state index contributed by atoms with van der Waals surface area (Å²) < 4.78 is 10.7. The van der Waals surface area contributed by atoms with Gasteiger partial charge in [0, 0.05) is 12.0 Å². The first-order valence-electron chi connectivity index (χ1n) is 5.95. The van der Waals surface area contributed by atoms with Crippen LogP contribution >= 0.6 is 0 Å². The fraction of sp³-hybridized carbons (Fsp3) is 0.385. The Hall–Kier alpha value is -1.88. The highest BCUT2D eigenvalue weighted by Crippen LogP contribution is 2.21. The summed E-state index contributed by atoms with van der Waals surface area (Å²) in [5.74, 6) is 2.04. The normalized spacial score (nSPS) is 10.6. The van der Waals surface area contributed by atoms with Crippen molar-refractivity contribution in [1.29, 1.82) is 0 Å². The first kappa shape index (κ1) is 12.6. The van der Waals surface area contributed by atoms with E-state index in [4.69, 9.17) is 9.15 Å². The molecule has 96 valence electrons. The molecule has 18 heavy (non-hydrogen) atoms. The lowest BCUT2D eigenvalue weighted by molar-refractivity contribution is 0.415. The standard InChI is InChI=1S/C13H17N3O2/c1-14-9-3-4-12-15-16-13(18-12)10-5-7-11(17-2)8-6-10/h5-8,14H,3-4,9H2,1-2H3. The monoisotopic (exact) mass is 247 g/mol. The van der Waals surface area contributed by atoms with Crippen LogP contribution in [0.5, 0.6) is 5.75 Å². The summed E-state index contributed by atoms with van der Waals surface area (Å²) in [6, 6.07) is 7.56. The fourth-order valence-corrected chi connectivity index (χ4v) is 1.62. The van der Waals surface area contributed by atoms with Gasteiger partial charge < -0.3 is 14.5 Å². The minimum Gasteiger partial charge on any atom is -0.497 e. The molecule has 0 amide bonds. The smallest absolute Gasteiger partial charge is 0.247 e. The molecule has 0 aliphatic carbocycles. The van der Waals surface area contributed by atoms with Gasteiger partial charge in [-0.1, -0.05) is 0 Å². The zero-order chi connectivity index (χ0) is 12.8. The van der Waals surface area contributed by atoms with Crippen molar-refractivity contribution in [3.05, 3.63) is 30.2 Å². The maximum atomic E-state index is 5.60. The van der Waals surface area contributed by atoms with Gasteiger partial charge in [-0.05, 0) is 44.3 Å². The predicted molar refractivity (Wildman–Crippen MR) is 68.5 cm³/mol. The Morgan fingerprint density at radius 1 is 1.22 bits per heavy atom. The third-order valence-electron chi connectivity index (χ3n) is 2.62. The number of aromatic nitrogens is 2. The molecular weight excluding hydrogens is 230 g/mol. The van der Waals surface area contributed by atoms with Crippen molar-refractivity contribution >= 4 is 0 Å². The molecule has 0 aliphatic heterocycles. The third-order valence-corrected chi connectivity index (χ3v) is 2.62. The van der Waals surface area contributed by atoms with Crippen LogP contribution in [0.3, 0.4) is 0 Å². The zero-order valence-corrected chi connectivity index (χ0v) is 10.6. The van der Waals surface area contributed by atoms with Gasteiger partial charge in [-0.3, -0.25) is 0 Å². The Kier molecular flexibility index (Phi) is 4.30. The van der Waals surface area contributed by atoms with E-state index in [2.05, 4.69) is 15.5 Å². The van der Waals surface area contributed by atoms with Gasteiger partial charge in [0.15, 0.2) is 0 Å². The van der Waals surface area contributed by atoms with E-state index in [1.165, 1.54) is 0 Å². The Labute approximate surface area is 106 Å². The number of benzene rings is 1. The Morgan fingerprint density at radius 3 is 2.67 bits per heavy atom. The Morgan fingerprint density at radius 2 is 2.00 bits per heavy atom. The van der Waals surface area contributed by atoms with Crippen molar-refractivity contribution in [3.63, 3.8) is 0 Å². The van der Waals surface area contributed by atoms with Crippen molar-refractivity contribution in [2.24, 2.45) is 0 Å². The maximum absolute atomic E-state index is 5.60. The van der Waals surface area contributed by atoms with Crippen molar-refractivity contribution in [2.45, 2.75) is 12.8 Å². The van der Waals surface area contributed by atoms with Crippen LogP contribution in [-0.4, -0.2) is 30.9 Å². The molecule has 5 nitrogen and oxygen atoms in total. The number of ether oxygens (including phenoxy) is 1. The van der Waals surface area contributed by atoms with E-state index in [1.807, 2.05) is 31.3 Å². The van der Waals surface area contributed by atoms with E-state index in [0.29, 0.717) is 11.8 Å². The lowest BCUT2D eigenvalue weighted by atomic mass is 10.2. The molecule has 1 aromatic carbocycles. The molecule has 0 saturated carbocycles. The molecule has 0 radical (unpaired) electrons. The van der Waals surface area contributed by atoms with Gasteiger partial charge in [-0.25, -0.2) is 0 Å². The average Bonchev–Trinajstić information content (AvgIpc) is 2.88. The number of hydrogen-bond acceptors (Lipinski definition) is 5. The van der Waals surface area contributed by atoms with Crippen LogP contribution in [-0.2, 0) is 6.42 Å². The Bertz CT molecular complexity index is 479. The van der Waals surface area contributed by atoms with E-state index in [1.54, 1.807) is 7.11 Å². The van der Waals surface area contributed by atoms with Gasteiger partial charge >= 0.3 is 0 Å². The first-order valence-corrected chi connectivity index (χ1v) is 5.95. The molecule has 2 rings (SSSR count). The van der Waals surface area contributed by atoms with E-state index in [0.717, 1.165) is 30.7 Å². The topological polar surface area (TPSA) is 60.2 Å². The number of aryl methyl sites for hydroxylation is 1. The lowest BCUT2D eigenvalue weighted by Gasteiger charge is -1.99. The highest BCUT2D eigenvalue weighted by atomic mass is 16.5. The van der Waals surface area contributed by atoms with Crippen LogP contribution in [0.4, 0.5) is 0 Å². The molecule has 1 N–H and O–H groups in total. The minimum absolute atomic E-state index is 0.553. The SMILES string of the molecule is CNCCCc1nnc(-c2ccc(OC)cc2)o1. The molecule has 0 atom stereocenters. The highest BCUT2D eigenvalue weighted by Gasteiger charge is 2.08. The van der Waals surface area contributed by atoms with E-state index >= 15 is 0 Å². The van der Waals surface area contributed by atoms with Gasteiger partial charge in [-0.2, -0.15) is 0 Å². The molecule has 0 fully saturated rings. The van der Waals surface area contributed by atoms with Gasteiger partial charge in [0.05, 0.1) is 7.11 Å². The van der Waals surface area contributed by atoms with Gasteiger partial charge in [0.25, 0.3) is 0 Å². The number of rotatable bonds is 6. The summed E-state index contributed by atoms with van der Waals surface area (Å²) in [6.45, 7) is 0.945. The molecular formula is C13H17N3O2. The van der Waals surface area contributed by atoms with Crippen molar-refractivity contribution < 1.29 is 9.15 Å². The summed E-state index contributed by atoms with van der Waals surface area (Å²) >= 11 is 0. The summed E-state index contributed by atoms with van der Waals surface area (Å²) in [6.07, 6.45) is 1.78.